The number of carbonyl (C=O) groups is 1. The summed E-state index contributed by atoms with van der Waals surface area (Å²) in [6.07, 6.45) is 4.96. The zero-order valence-electron chi connectivity index (χ0n) is 7.37. The molecule has 12 heavy (non-hydrogen) atoms. The first-order chi connectivity index (χ1) is 5.49. The molecule has 65 valence electrons. The smallest absolute Gasteiger partial charge is 0.420 e. The van der Waals surface area contributed by atoms with Crippen molar-refractivity contribution in [3.8, 4) is 0 Å². The summed E-state index contributed by atoms with van der Waals surface area (Å²) in [4.78, 5) is 14.8. The highest BCUT2D eigenvalue weighted by Gasteiger charge is 2.17. The van der Waals surface area contributed by atoms with Crippen LogP contribution in [-0.2, 0) is 4.74 Å². The van der Waals surface area contributed by atoms with E-state index in [1.807, 2.05) is 20.8 Å². The monoisotopic (exact) mass is 167 g/mol. The van der Waals surface area contributed by atoms with Crippen molar-refractivity contribution in [2.75, 3.05) is 0 Å². The van der Waals surface area contributed by atoms with Crippen LogP contribution in [0.2, 0.25) is 0 Å². The number of imidazole rings is 1. The van der Waals surface area contributed by atoms with E-state index in [2.05, 4.69) is 11.3 Å². The molecule has 0 N–H and O–H groups in total. The van der Waals surface area contributed by atoms with Crippen molar-refractivity contribution in [3.63, 3.8) is 0 Å². The average Bonchev–Trinajstić information content (AvgIpc) is 2.32. The molecule has 0 bridgehead atoms. The third kappa shape index (κ3) is 2.38. The number of ether oxygens (including phenoxy) is 1. The molecule has 0 saturated heterocycles. The maximum absolute atomic E-state index is 11.2. The number of carbonyl (C=O) groups excluding carboxylic acids is 1. The van der Waals surface area contributed by atoms with Gasteiger partial charge >= 0.3 is 6.09 Å². The third-order valence-corrected chi connectivity index (χ3v) is 1.05. The van der Waals surface area contributed by atoms with Gasteiger partial charge in [0.2, 0.25) is 0 Å². The molecule has 0 aliphatic rings. The van der Waals surface area contributed by atoms with Crippen molar-refractivity contribution in [1.29, 1.82) is 0 Å². The van der Waals surface area contributed by atoms with Crippen molar-refractivity contribution in [1.82, 2.24) is 9.55 Å². The first kappa shape index (κ1) is 8.77. The predicted octanol–water partition coefficient (Wildman–Crippen LogP) is 1.47. The molecule has 0 spiro atoms. The highest BCUT2D eigenvalue weighted by molar-refractivity contribution is 5.70. The topological polar surface area (TPSA) is 44.1 Å². The van der Waals surface area contributed by atoms with E-state index in [-0.39, 0.29) is 0 Å². The Hall–Kier alpha value is -1.32. The summed E-state index contributed by atoms with van der Waals surface area (Å²) in [6.45, 7) is 5.42. The molecule has 1 heterocycles. The fourth-order valence-corrected chi connectivity index (χ4v) is 0.642. The summed E-state index contributed by atoms with van der Waals surface area (Å²) in [5.41, 5.74) is -0.477. The summed E-state index contributed by atoms with van der Waals surface area (Å²) in [5, 5.41) is 0. The molecule has 1 aromatic rings. The van der Waals surface area contributed by atoms with Crippen LogP contribution in [0.5, 0.6) is 0 Å². The second-order valence-electron chi connectivity index (χ2n) is 3.38. The van der Waals surface area contributed by atoms with Crippen LogP contribution >= 0.6 is 0 Å². The molecule has 0 unspecified atom stereocenters. The van der Waals surface area contributed by atoms with Crippen molar-refractivity contribution in [2.45, 2.75) is 26.4 Å². The Morgan fingerprint density at radius 2 is 2.25 bits per heavy atom. The third-order valence-electron chi connectivity index (χ3n) is 1.05. The van der Waals surface area contributed by atoms with Gasteiger partial charge in [0.05, 0.1) is 0 Å². The zero-order valence-corrected chi connectivity index (χ0v) is 7.37. The summed E-state index contributed by atoms with van der Waals surface area (Å²) >= 11 is 0. The van der Waals surface area contributed by atoms with Gasteiger partial charge in [-0.15, -0.1) is 0 Å². The van der Waals surface area contributed by atoms with Crippen molar-refractivity contribution < 1.29 is 9.53 Å². The molecular weight excluding hydrogens is 156 g/mol. The lowest BCUT2D eigenvalue weighted by atomic mass is 10.2. The molecule has 0 aliphatic carbocycles. The maximum Gasteiger partial charge on any atom is 0.420 e. The van der Waals surface area contributed by atoms with Crippen LogP contribution in [-0.4, -0.2) is 21.2 Å². The second-order valence-corrected chi connectivity index (χ2v) is 3.38. The van der Waals surface area contributed by atoms with E-state index in [1.165, 1.54) is 17.0 Å². The minimum absolute atomic E-state index is 0.458. The fourth-order valence-electron chi connectivity index (χ4n) is 0.642. The Balaban J connectivity index is 2.63. The van der Waals surface area contributed by atoms with Gasteiger partial charge in [0.15, 0.2) is 6.33 Å². The highest BCUT2D eigenvalue weighted by Crippen LogP contribution is 2.07. The van der Waals surface area contributed by atoms with E-state index in [0.717, 1.165) is 0 Å². The zero-order chi connectivity index (χ0) is 9.19. The molecule has 0 amide bonds. The highest BCUT2D eigenvalue weighted by atomic mass is 16.6. The normalized spacial score (nSPS) is 11.2. The average molecular weight is 167 g/mol. The molecule has 4 heteroatoms. The molecule has 1 radical (unpaired) electrons. The van der Waals surface area contributed by atoms with Gasteiger partial charge in [-0.05, 0) is 20.8 Å². The summed E-state index contributed by atoms with van der Waals surface area (Å²) in [5.74, 6) is 0. The van der Waals surface area contributed by atoms with Crippen LogP contribution in [0.3, 0.4) is 0 Å². The van der Waals surface area contributed by atoms with E-state index in [1.54, 1.807) is 0 Å². The Bertz CT molecular complexity index is 259. The summed E-state index contributed by atoms with van der Waals surface area (Å²) < 4.78 is 6.21. The lowest BCUT2D eigenvalue weighted by Crippen LogP contribution is -2.26. The minimum Gasteiger partial charge on any atom is -0.443 e. The molecule has 0 saturated carbocycles. The van der Waals surface area contributed by atoms with Crippen LogP contribution in [0.15, 0.2) is 12.4 Å². The second kappa shape index (κ2) is 2.97. The Labute approximate surface area is 71.2 Å². The van der Waals surface area contributed by atoms with E-state index < -0.39 is 11.7 Å². The van der Waals surface area contributed by atoms with Gasteiger partial charge in [0.25, 0.3) is 0 Å². The van der Waals surface area contributed by atoms with Crippen LogP contribution in [0, 0.1) is 6.33 Å². The lowest BCUT2D eigenvalue weighted by Gasteiger charge is -2.18. The van der Waals surface area contributed by atoms with Crippen molar-refractivity contribution >= 4 is 6.09 Å². The van der Waals surface area contributed by atoms with Gasteiger partial charge < -0.3 is 4.74 Å². The standard InChI is InChI=1S/C8H11N2O2/c1-8(2,3)12-7(11)10-5-4-9-6-10/h4-5H,1-3H3. The number of nitrogens with zero attached hydrogens (tertiary/aromatic N) is 2. The quantitative estimate of drug-likeness (QED) is 0.587. The Kier molecular flexibility index (Phi) is 2.17. The largest absolute Gasteiger partial charge is 0.443 e. The Morgan fingerprint density at radius 3 is 2.67 bits per heavy atom. The first-order valence-corrected chi connectivity index (χ1v) is 3.63. The van der Waals surface area contributed by atoms with Crippen LogP contribution in [0.4, 0.5) is 4.79 Å². The molecule has 0 atom stereocenters. The molecule has 1 aromatic heterocycles. The molecule has 0 aliphatic heterocycles. The minimum atomic E-state index is -0.477. The molecule has 0 aromatic carbocycles. The number of rotatable bonds is 0. The summed E-state index contributed by atoms with van der Waals surface area (Å²) in [6, 6.07) is 0. The fraction of sp³-hybridized carbons (Fsp3) is 0.500. The first-order valence-electron chi connectivity index (χ1n) is 3.63. The molecular formula is C8H11N2O2. The van der Waals surface area contributed by atoms with Gasteiger partial charge in [0, 0.05) is 12.4 Å². The van der Waals surface area contributed by atoms with Crippen LogP contribution < -0.4 is 0 Å². The predicted molar refractivity (Wildman–Crippen MR) is 42.7 cm³/mol. The molecule has 0 fully saturated rings. The summed E-state index contributed by atoms with van der Waals surface area (Å²) in [7, 11) is 0. The number of hydrogen-bond donors (Lipinski definition) is 0. The molecule has 4 nitrogen and oxygen atoms in total. The molecule has 1 rings (SSSR count). The number of hydrogen-bond acceptors (Lipinski definition) is 3. The van der Waals surface area contributed by atoms with Crippen LogP contribution in [0.1, 0.15) is 20.8 Å². The van der Waals surface area contributed by atoms with Gasteiger partial charge in [-0.1, -0.05) is 0 Å². The maximum atomic E-state index is 11.2. The van der Waals surface area contributed by atoms with E-state index in [4.69, 9.17) is 4.74 Å². The SMILES string of the molecule is CC(C)(C)OC(=O)n1[c]ncc1. The van der Waals surface area contributed by atoms with E-state index in [0.29, 0.717) is 0 Å². The lowest BCUT2D eigenvalue weighted by molar-refractivity contribution is 0.0535. The Morgan fingerprint density at radius 1 is 1.58 bits per heavy atom. The van der Waals surface area contributed by atoms with Gasteiger partial charge in [-0.25, -0.2) is 14.3 Å². The van der Waals surface area contributed by atoms with Crippen molar-refractivity contribution in [2.24, 2.45) is 0 Å². The van der Waals surface area contributed by atoms with Crippen molar-refractivity contribution in [3.05, 3.63) is 18.7 Å². The van der Waals surface area contributed by atoms with Gasteiger partial charge in [-0.3, -0.25) is 0 Å². The van der Waals surface area contributed by atoms with E-state index in [9.17, 15) is 4.79 Å². The van der Waals surface area contributed by atoms with Gasteiger partial charge in [0.1, 0.15) is 5.60 Å². The van der Waals surface area contributed by atoms with Gasteiger partial charge in [-0.2, -0.15) is 0 Å². The number of aromatic nitrogens is 2. The van der Waals surface area contributed by atoms with E-state index >= 15 is 0 Å². The van der Waals surface area contributed by atoms with Crippen LogP contribution in [0.25, 0.3) is 0 Å².